The molecule has 0 heterocycles. The second-order valence-corrected chi connectivity index (χ2v) is 3.71. The number of carbonyl (C=O) groups excluding carboxylic acids is 1. The number of anilines is 1. The summed E-state index contributed by atoms with van der Waals surface area (Å²) in [4.78, 5) is 21.2. The van der Waals surface area contributed by atoms with E-state index in [-0.39, 0.29) is 23.0 Å². The largest absolute Gasteiger partial charge is 0.463 e. The lowest BCUT2D eigenvalue weighted by Crippen LogP contribution is -2.00. The lowest BCUT2D eigenvalue weighted by Gasteiger charge is -2.03. The standard InChI is InChI=1S/C11H11ClN2O4/c1-2-18-10(15)4-3-7-5-8(12)6-9(11(7)13)14(16)17/h3-6H,2,13H2,1H3. The highest BCUT2D eigenvalue weighted by Gasteiger charge is 2.15. The fourth-order valence-corrected chi connectivity index (χ4v) is 1.48. The number of carbonyl (C=O) groups is 1. The number of halogens is 1. The number of esters is 1. The van der Waals surface area contributed by atoms with Gasteiger partial charge in [-0.3, -0.25) is 10.1 Å². The molecule has 2 N–H and O–H groups in total. The average molecular weight is 271 g/mol. The minimum absolute atomic E-state index is 0.0510. The molecule has 0 aromatic heterocycles. The number of nitrogens with zero attached hydrogens (tertiary/aromatic N) is 1. The molecule has 0 aliphatic carbocycles. The van der Waals surface area contributed by atoms with Crippen LogP contribution in [0.1, 0.15) is 12.5 Å². The number of nitrogens with two attached hydrogens (primary N) is 1. The van der Waals surface area contributed by atoms with Gasteiger partial charge < -0.3 is 10.5 Å². The highest BCUT2D eigenvalue weighted by atomic mass is 35.5. The lowest BCUT2D eigenvalue weighted by atomic mass is 10.1. The third kappa shape index (κ3) is 3.46. The maximum absolute atomic E-state index is 11.1. The van der Waals surface area contributed by atoms with Crippen LogP contribution in [0.2, 0.25) is 5.02 Å². The maximum atomic E-state index is 11.1. The quantitative estimate of drug-likeness (QED) is 0.298. The van der Waals surface area contributed by atoms with E-state index in [4.69, 9.17) is 17.3 Å². The van der Waals surface area contributed by atoms with Crippen LogP contribution in [0.5, 0.6) is 0 Å². The second kappa shape index (κ2) is 6.02. The third-order valence-corrected chi connectivity index (χ3v) is 2.26. The highest BCUT2D eigenvalue weighted by Crippen LogP contribution is 2.30. The Bertz CT molecular complexity index is 514. The van der Waals surface area contributed by atoms with Crippen molar-refractivity contribution in [1.82, 2.24) is 0 Å². The van der Waals surface area contributed by atoms with Crippen molar-refractivity contribution in [2.45, 2.75) is 6.92 Å². The van der Waals surface area contributed by atoms with Crippen LogP contribution in [0.25, 0.3) is 6.08 Å². The molecule has 7 heteroatoms. The first-order valence-corrected chi connectivity index (χ1v) is 5.41. The van der Waals surface area contributed by atoms with Crippen molar-refractivity contribution >= 4 is 35.0 Å². The first-order chi connectivity index (χ1) is 8.45. The summed E-state index contributed by atoms with van der Waals surface area (Å²) in [6.45, 7) is 1.92. The van der Waals surface area contributed by atoms with E-state index < -0.39 is 10.9 Å². The Balaban J connectivity index is 3.10. The molecular formula is C11H11ClN2O4. The molecule has 0 radical (unpaired) electrons. The van der Waals surface area contributed by atoms with E-state index in [2.05, 4.69) is 4.74 Å². The van der Waals surface area contributed by atoms with Crippen molar-refractivity contribution in [1.29, 1.82) is 0 Å². The van der Waals surface area contributed by atoms with Gasteiger partial charge in [0.05, 0.1) is 11.5 Å². The molecule has 0 saturated heterocycles. The van der Waals surface area contributed by atoms with E-state index in [1.807, 2.05) is 0 Å². The summed E-state index contributed by atoms with van der Waals surface area (Å²) in [6.07, 6.45) is 2.46. The molecule has 0 aliphatic rings. The second-order valence-electron chi connectivity index (χ2n) is 3.27. The number of nitro groups is 1. The number of hydrogen-bond acceptors (Lipinski definition) is 5. The number of benzene rings is 1. The molecule has 0 fully saturated rings. The molecule has 96 valence electrons. The van der Waals surface area contributed by atoms with Crippen LogP contribution in [-0.2, 0) is 9.53 Å². The van der Waals surface area contributed by atoms with Crippen molar-refractivity contribution < 1.29 is 14.5 Å². The zero-order valence-corrected chi connectivity index (χ0v) is 10.3. The van der Waals surface area contributed by atoms with Gasteiger partial charge in [0.1, 0.15) is 5.69 Å². The van der Waals surface area contributed by atoms with Gasteiger partial charge in [-0.15, -0.1) is 0 Å². The molecule has 1 rings (SSSR count). The Morgan fingerprint density at radius 1 is 1.61 bits per heavy atom. The molecule has 1 aromatic rings. The van der Waals surface area contributed by atoms with Gasteiger partial charge in [-0.1, -0.05) is 11.6 Å². The summed E-state index contributed by atoms with van der Waals surface area (Å²) < 4.78 is 4.68. The number of rotatable bonds is 4. The van der Waals surface area contributed by atoms with Crippen molar-refractivity contribution in [3.63, 3.8) is 0 Å². The van der Waals surface area contributed by atoms with Crippen molar-refractivity contribution in [2.24, 2.45) is 0 Å². The van der Waals surface area contributed by atoms with Crippen LogP contribution in [0.3, 0.4) is 0 Å². The van der Waals surface area contributed by atoms with Gasteiger partial charge in [-0.05, 0) is 19.1 Å². The SMILES string of the molecule is CCOC(=O)C=Cc1cc(Cl)cc([N+](=O)[O-])c1N. The lowest BCUT2D eigenvalue weighted by molar-refractivity contribution is -0.383. The van der Waals surface area contributed by atoms with E-state index in [0.29, 0.717) is 5.56 Å². The van der Waals surface area contributed by atoms with Gasteiger partial charge >= 0.3 is 5.97 Å². The van der Waals surface area contributed by atoms with E-state index in [9.17, 15) is 14.9 Å². The Kier molecular flexibility index (Phi) is 4.67. The predicted molar refractivity (Wildman–Crippen MR) is 68.2 cm³/mol. The molecule has 0 bridgehead atoms. The van der Waals surface area contributed by atoms with Crippen LogP contribution in [-0.4, -0.2) is 17.5 Å². The molecule has 0 amide bonds. The van der Waals surface area contributed by atoms with Gasteiger partial charge in [0.25, 0.3) is 5.69 Å². The molecular weight excluding hydrogens is 260 g/mol. The molecule has 0 aliphatic heterocycles. The van der Waals surface area contributed by atoms with Gasteiger partial charge in [-0.25, -0.2) is 4.79 Å². The van der Waals surface area contributed by atoms with E-state index >= 15 is 0 Å². The average Bonchev–Trinajstić information content (AvgIpc) is 2.30. The monoisotopic (exact) mass is 270 g/mol. The van der Waals surface area contributed by atoms with Crippen molar-refractivity contribution in [3.05, 3.63) is 38.9 Å². The van der Waals surface area contributed by atoms with Gasteiger partial charge in [-0.2, -0.15) is 0 Å². The number of hydrogen-bond donors (Lipinski definition) is 1. The van der Waals surface area contributed by atoms with Crippen LogP contribution < -0.4 is 5.73 Å². The van der Waals surface area contributed by atoms with Crippen LogP contribution in [0.15, 0.2) is 18.2 Å². The zero-order chi connectivity index (χ0) is 13.7. The zero-order valence-electron chi connectivity index (χ0n) is 9.55. The highest BCUT2D eigenvalue weighted by molar-refractivity contribution is 6.31. The molecule has 18 heavy (non-hydrogen) atoms. The van der Waals surface area contributed by atoms with E-state index in [1.54, 1.807) is 6.92 Å². The minimum atomic E-state index is -0.636. The smallest absolute Gasteiger partial charge is 0.330 e. The molecule has 0 spiro atoms. The normalized spacial score (nSPS) is 10.6. The number of nitro benzene ring substituents is 1. The number of nitrogen functional groups attached to an aromatic ring is 1. The Labute approximate surface area is 108 Å². The molecule has 0 saturated carbocycles. The summed E-state index contributed by atoms with van der Waals surface area (Å²) >= 11 is 5.73. The van der Waals surface area contributed by atoms with Crippen LogP contribution in [0, 0.1) is 10.1 Å². The summed E-state index contributed by atoms with van der Waals surface area (Å²) in [5.74, 6) is -0.556. The van der Waals surface area contributed by atoms with Crippen molar-refractivity contribution in [2.75, 3.05) is 12.3 Å². The van der Waals surface area contributed by atoms with Crippen molar-refractivity contribution in [3.8, 4) is 0 Å². The first kappa shape index (κ1) is 14.0. The molecule has 6 nitrogen and oxygen atoms in total. The predicted octanol–water partition coefficient (Wildman–Crippen LogP) is 2.41. The van der Waals surface area contributed by atoms with Gasteiger partial charge in [0.2, 0.25) is 0 Å². The van der Waals surface area contributed by atoms with E-state index in [0.717, 1.165) is 12.1 Å². The summed E-state index contributed by atoms with van der Waals surface area (Å²) in [6, 6.07) is 2.58. The minimum Gasteiger partial charge on any atom is -0.463 e. The fourth-order valence-electron chi connectivity index (χ4n) is 1.26. The summed E-state index contributed by atoms with van der Waals surface area (Å²) in [5, 5.41) is 10.9. The fraction of sp³-hybridized carbons (Fsp3) is 0.182. The Morgan fingerprint density at radius 3 is 2.83 bits per heavy atom. The molecule has 0 unspecified atom stereocenters. The van der Waals surface area contributed by atoms with Crippen LogP contribution in [0.4, 0.5) is 11.4 Å². The van der Waals surface area contributed by atoms with Gasteiger partial charge in [0, 0.05) is 22.7 Å². The Hall–Kier alpha value is -2.08. The summed E-state index contributed by atoms with van der Waals surface area (Å²) in [5.41, 5.74) is 5.55. The summed E-state index contributed by atoms with van der Waals surface area (Å²) in [7, 11) is 0. The maximum Gasteiger partial charge on any atom is 0.330 e. The third-order valence-electron chi connectivity index (χ3n) is 2.04. The topological polar surface area (TPSA) is 95.5 Å². The van der Waals surface area contributed by atoms with E-state index in [1.165, 1.54) is 12.1 Å². The Morgan fingerprint density at radius 2 is 2.28 bits per heavy atom. The molecule has 1 aromatic carbocycles. The first-order valence-electron chi connectivity index (χ1n) is 5.04. The number of ether oxygens (including phenoxy) is 1. The van der Waals surface area contributed by atoms with Crippen LogP contribution >= 0.6 is 11.6 Å². The van der Waals surface area contributed by atoms with Gasteiger partial charge in [0.15, 0.2) is 0 Å². The molecule has 0 atom stereocenters.